The molecule has 2 heterocycles. The summed E-state index contributed by atoms with van der Waals surface area (Å²) in [6.07, 6.45) is 2.41. The van der Waals surface area contributed by atoms with Crippen LogP contribution in [-0.2, 0) is 15.3 Å². The van der Waals surface area contributed by atoms with Crippen LogP contribution >= 0.6 is 11.8 Å². The van der Waals surface area contributed by atoms with Crippen molar-refractivity contribution in [1.29, 1.82) is 0 Å². The van der Waals surface area contributed by atoms with Crippen LogP contribution in [0.4, 0.5) is 0 Å². The quantitative estimate of drug-likeness (QED) is 0.569. The molecule has 25 heavy (non-hydrogen) atoms. The van der Waals surface area contributed by atoms with Gasteiger partial charge in [0, 0.05) is 24.1 Å². The third kappa shape index (κ3) is 5.90. The van der Waals surface area contributed by atoms with Crippen LogP contribution in [0.5, 0.6) is 0 Å². The molecule has 0 saturated carbocycles. The van der Waals surface area contributed by atoms with Gasteiger partial charge in [-0.05, 0) is 32.4 Å². The summed E-state index contributed by atoms with van der Waals surface area (Å²) in [5.41, 5.74) is 1.09. The van der Waals surface area contributed by atoms with Crippen molar-refractivity contribution < 1.29 is 18.8 Å². The number of aryl methyl sites for hydroxylation is 1. The summed E-state index contributed by atoms with van der Waals surface area (Å²) in [5, 5.41) is 7.18. The van der Waals surface area contributed by atoms with Crippen LogP contribution < -0.4 is 5.32 Å². The molecule has 0 aliphatic rings. The lowest BCUT2D eigenvalue weighted by Crippen LogP contribution is -2.35. The van der Waals surface area contributed by atoms with Gasteiger partial charge < -0.3 is 14.6 Å². The van der Waals surface area contributed by atoms with Gasteiger partial charge in [0.15, 0.2) is 6.61 Å². The molecule has 0 aromatic carbocycles. The molecule has 2 aromatic rings. The number of ether oxygens (including phenoxy) is 1. The van der Waals surface area contributed by atoms with E-state index in [2.05, 4.69) is 15.5 Å². The monoisotopic (exact) mass is 363 g/mol. The smallest absolute Gasteiger partial charge is 0.341 e. The molecule has 1 N–H and O–H groups in total. The van der Waals surface area contributed by atoms with E-state index in [-0.39, 0.29) is 18.6 Å². The topological polar surface area (TPSA) is 94.3 Å². The number of hydrogen-bond acceptors (Lipinski definition) is 7. The third-order valence-corrected chi connectivity index (χ3v) is 4.42. The van der Waals surface area contributed by atoms with E-state index in [0.29, 0.717) is 16.3 Å². The highest BCUT2D eigenvalue weighted by molar-refractivity contribution is 7.98. The lowest BCUT2D eigenvalue weighted by atomic mass is 10.2. The van der Waals surface area contributed by atoms with E-state index in [1.165, 1.54) is 11.8 Å². The average molecular weight is 363 g/mol. The molecular weight excluding hydrogens is 342 g/mol. The van der Waals surface area contributed by atoms with Crippen molar-refractivity contribution >= 4 is 23.6 Å². The molecule has 0 aliphatic heterocycles. The van der Waals surface area contributed by atoms with Gasteiger partial charge >= 0.3 is 5.97 Å². The van der Waals surface area contributed by atoms with E-state index < -0.39 is 5.97 Å². The van der Waals surface area contributed by atoms with Crippen LogP contribution in [0.3, 0.4) is 0 Å². The zero-order valence-electron chi connectivity index (χ0n) is 14.4. The first-order chi connectivity index (χ1) is 12.0. The molecule has 7 nitrogen and oxygen atoms in total. The van der Waals surface area contributed by atoms with Gasteiger partial charge in [-0.1, -0.05) is 23.8 Å². The highest BCUT2D eigenvalue weighted by Crippen LogP contribution is 2.24. The van der Waals surface area contributed by atoms with Gasteiger partial charge in [-0.25, -0.2) is 9.78 Å². The number of nitrogens with one attached hydrogen (secondary N) is 1. The minimum absolute atomic E-state index is 0.0432. The molecule has 0 radical (unpaired) electrons. The Balaban J connectivity index is 1.94. The molecule has 1 atom stereocenters. The average Bonchev–Trinajstić information content (AvgIpc) is 3.03. The fourth-order valence-electron chi connectivity index (χ4n) is 1.92. The summed E-state index contributed by atoms with van der Waals surface area (Å²) < 4.78 is 10.1. The molecular formula is C17H21N3O4S. The molecule has 2 aromatic heterocycles. The number of carbonyl (C=O) groups excluding carboxylic acids is 2. The number of amides is 1. The van der Waals surface area contributed by atoms with Gasteiger partial charge in [0.1, 0.15) is 10.8 Å². The van der Waals surface area contributed by atoms with Crippen molar-refractivity contribution in [3.8, 4) is 0 Å². The molecule has 8 heteroatoms. The van der Waals surface area contributed by atoms with E-state index in [0.717, 1.165) is 17.9 Å². The van der Waals surface area contributed by atoms with Crippen molar-refractivity contribution in [2.45, 2.75) is 44.0 Å². The molecule has 0 aliphatic carbocycles. The van der Waals surface area contributed by atoms with Crippen LogP contribution in [0.2, 0.25) is 0 Å². The fourth-order valence-corrected chi connectivity index (χ4v) is 2.78. The van der Waals surface area contributed by atoms with Gasteiger partial charge in [-0.2, -0.15) is 0 Å². The minimum atomic E-state index is -0.578. The Labute approximate surface area is 150 Å². The summed E-state index contributed by atoms with van der Waals surface area (Å²) >= 11 is 1.36. The highest BCUT2D eigenvalue weighted by atomic mass is 32.2. The van der Waals surface area contributed by atoms with Gasteiger partial charge in [0.05, 0.1) is 11.3 Å². The highest BCUT2D eigenvalue weighted by Gasteiger charge is 2.17. The second-order valence-electron chi connectivity index (χ2n) is 5.53. The van der Waals surface area contributed by atoms with Crippen molar-refractivity contribution in [2.75, 3.05) is 6.61 Å². The molecule has 134 valence electrons. The summed E-state index contributed by atoms with van der Waals surface area (Å²) in [6.45, 7) is 5.35. The van der Waals surface area contributed by atoms with Crippen LogP contribution in [0.15, 0.2) is 33.9 Å². The van der Waals surface area contributed by atoms with E-state index in [1.54, 1.807) is 18.3 Å². The molecule has 0 fully saturated rings. The van der Waals surface area contributed by atoms with E-state index in [4.69, 9.17) is 9.26 Å². The SMILES string of the molecule is CCC(C)NC(=O)COC(=O)c1cccnc1SCc1cc(C)on1. The third-order valence-electron chi connectivity index (χ3n) is 3.38. The first-order valence-corrected chi connectivity index (χ1v) is 8.94. The van der Waals surface area contributed by atoms with Gasteiger partial charge in [-0.3, -0.25) is 4.79 Å². The normalized spacial score (nSPS) is 11.8. The summed E-state index contributed by atoms with van der Waals surface area (Å²) in [7, 11) is 0. The number of nitrogens with zero attached hydrogens (tertiary/aromatic N) is 2. The number of rotatable bonds is 8. The maximum absolute atomic E-state index is 12.3. The van der Waals surface area contributed by atoms with Crippen molar-refractivity contribution in [2.24, 2.45) is 0 Å². The molecule has 0 bridgehead atoms. The predicted molar refractivity (Wildman–Crippen MR) is 93.2 cm³/mol. The Bertz CT molecular complexity index is 732. The molecule has 1 unspecified atom stereocenters. The Morgan fingerprint density at radius 3 is 2.92 bits per heavy atom. The van der Waals surface area contributed by atoms with Crippen molar-refractivity contribution in [1.82, 2.24) is 15.5 Å². The predicted octanol–water partition coefficient (Wildman–Crippen LogP) is 2.74. The van der Waals surface area contributed by atoms with Gasteiger partial charge in [-0.15, -0.1) is 0 Å². The molecule has 0 saturated heterocycles. The minimum Gasteiger partial charge on any atom is -0.452 e. The largest absolute Gasteiger partial charge is 0.452 e. The molecule has 0 spiro atoms. The number of thioether (sulfide) groups is 1. The fraction of sp³-hybridized carbons (Fsp3) is 0.412. The number of hydrogen-bond donors (Lipinski definition) is 1. The number of pyridine rings is 1. The second-order valence-corrected chi connectivity index (χ2v) is 6.49. The van der Waals surface area contributed by atoms with E-state index >= 15 is 0 Å². The zero-order valence-corrected chi connectivity index (χ0v) is 15.3. The number of esters is 1. The van der Waals surface area contributed by atoms with Crippen molar-refractivity contribution in [3.63, 3.8) is 0 Å². The second kappa shape index (κ2) is 9.22. The number of aromatic nitrogens is 2. The number of carbonyl (C=O) groups is 2. The van der Waals surface area contributed by atoms with Crippen LogP contribution in [-0.4, -0.2) is 34.7 Å². The van der Waals surface area contributed by atoms with E-state index in [9.17, 15) is 9.59 Å². The first kappa shape index (κ1) is 19.0. The van der Waals surface area contributed by atoms with Crippen molar-refractivity contribution in [3.05, 3.63) is 41.4 Å². The Morgan fingerprint density at radius 2 is 2.24 bits per heavy atom. The van der Waals surface area contributed by atoms with Gasteiger partial charge in [0.2, 0.25) is 0 Å². The Morgan fingerprint density at radius 1 is 1.44 bits per heavy atom. The van der Waals surface area contributed by atoms with Gasteiger partial charge in [0.25, 0.3) is 5.91 Å². The van der Waals surface area contributed by atoms with E-state index in [1.807, 2.05) is 26.8 Å². The lowest BCUT2D eigenvalue weighted by molar-refractivity contribution is -0.124. The lowest BCUT2D eigenvalue weighted by Gasteiger charge is -2.12. The summed E-state index contributed by atoms with van der Waals surface area (Å²) in [4.78, 5) is 28.2. The van der Waals surface area contributed by atoms with Crippen LogP contribution in [0.1, 0.15) is 42.1 Å². The summed E-state index contributed by atoms with van der Waals surface area (Å²) in [6, 6.07) is 5.15. The maximum atomic E-state index is 12.3. The maximum Gasteiger partial charge on any atom is 0.341 e. The van der Waals surface area contributed by atoms with Crippen LogP contribution in [0.25, 0.3) is 0 Å². The standard InChI is InChI=1S/C17H21N3O4S/c1-4-11(2)19-15(21)9-23-17(22)14-6-5-7-18-16(14)25-10-13-8-12(3)24-20-13/h5-8,11H,4,9-10H2,1-3H3,(H,19,21). The molecule has 2 rings (SSSR count). The first-order valence-electron chi connectivity index (χ1n) is 7.96. The Kier molecular flexibility index (Phi) is 7.00. The van der Waals surface area contributed by atoms with Crippen LogP contribution in [0, 0.1) is 6.92 Å². The molecule has 1 amide bonds. The Hall–Kier alpha value is -2.35. The summed E-state index contributed by atoms with van der Waals surface area (Å²) in [5.74, 6) is 0.344. The zero-order chi connectivity index (χ0) is 18.2.